The van der Waals surface area contributed by atoms with Gasteiger partial charge >= 0.3 is 0 Å². The first kappa shape index (κ1) is 8.49. The van der Waals surface area contributed by atoms with Crippen molar-refractivity contribution in [3.8, 4) is 0 Å². The second-order valence-corrected chi connectivity index (χ2v) is 2.64. The molecule has 1 N–H and O–H groups in total. The van der Waals surface area contributed by atoms with Gasteiger partial charge in [-0.25, -0.2) is 0 Å². The van der Waals surface area contributed by atoms with Gasteiger partial charge in [0, 0.05) is 20.0 Å². The molecule has 0 aromatic carbocycles. The van der Waals surface area contributed by atoms with Crippen LogP contribution in [0.3, 0.4) is 0 Å². The van der Waals surface area contributed by atoms with Gasteiger partial charge in [-0.15, -0.1) is 0 Å². The van der Waals surface area contributed by atoms with Gasteiger partial charge in [-0.2, -0.15) is 0 Å². The largest absolute Gasteiger partial charge is 0.394 e. The van der Waals surface area contributed by atoms with Crippen molar-refractivity contribution in [1.82, 2.24) is 4.90 Å². The maximum Gasteiger partial charge on any atom is 0.219 e. The second kappa shape index (κ2) is 3.69. The van der Waals surface area contributed by atoms with E-state index >= 15 is 0 Å². The Morgan fingerprint density at radius 1 is 1.82 bits per heavy atom. The van der Waals surface area contributed by atoms with E-state index in [1.165, 1.54) is 6.92 Å². The molecule has 0 aliphatic carbocycles. The Morgan fingerprint density at radius 3 is 3.09 bits per heavy atom. The van der Waals surface area contributed by atoms with Crippen LogP contribution in [0.1, 0.15) is 6.92 Å². The number of aliphatic hydroxyl groups is 1. The van der Waals surface area contributed by atoms with Crippen LogP contribution in [0.4, 0.5) is 0 Å². The van der Waals surface area contributed by atoms with E-state index in [2.05, 4.69) is 0 Å². The van der Waals surface area contributed by atoms with E-state index in [4.69, 9.17) is 9.84 Å². The fraction of sp³-hybridized carbons (Fsp3) is 0.857. The topological polar surface area (TPSA) is 49.8 Å². The summed E-state index contributed by atoms with van der Waals surface area (Å²) in [6.45, 7) is 3.21. The molecular weight excluding hydrogens is 146 g/mol. The molecule has 0 bridgehead atoms. The lowest BCUT2D eigenvalue weighted by Gasteiger charge is -2.31. The van der Waals surface area contributed by atoms with Gasteiger partial charge in [0.1, 0.15) is 0 Å². The Morgan fingerprint density at radius 2 is 2.55 bits per heavy atom. The lowest BCUT2D eigenvalue weighted by molar-refractivity contribution is -0.137. The van der Waals surface area contributed by atoms with E-state index in [1.54, 1.807) is 4.90 Å². The number of nitrogens with zero attached hydrogens (tertiary/aromatic N) is 1. The summed E-state index contributed by atoms with van der Waals surface area (Å²) < 4.78 is 5.16. The Hall–Kier alpha value is -0.610. The highest BCUT2D eigenvalue weighted by molar-refractivity contribution is 5.73. The molecule has 4 nitrogen and oxygen atoms in total. The van der Waals surface area contributed by atoms with Crippen molar-refractivity contribution < 1.29 is 14.6 Å². The quantitative estimate of drug-likeness (QED) is 0.546. The van der Waals surface area contributed by atoms with Gasteiger partial charge < -0.3 is 14.7 Å². The van der Waals surface area contributed by atoms with Gasteiger partial charge in [0.15, 0.2) is 0 Å². The van der Waals surface area contributed by atoms with Crippen molar-refractivity contribution in [2.75, 3.05) is 26.3 Å². The van der Waals surface area contributed by atoms with E-state index < -0.39 is 0 Å². The van der Waals surface area contributed by atoms with E-state index in [-0.39, 0.29) is 18.6 Å². The van der Waals surface area contributed by atoms with Crippen molar-refractivity contribution in [3.63, 3.8) is 0 Å². The molecule has 1 aliphatic heterocycles. The fourth-order valence-electron chi connectivity index (χ4n) is 1.12. The second-order valence-electron chi connectivity index (χ2n) is 2.64. The highest BCUT2D eigenvalue weighted by Crippen LogP contribution is 2.03. The zero-order valence-electron chi connectivity index (χ0n) is 6.62. The smallest absolute Gasteiger partial charge is 0.219 e. The Kier molecular flexibility index (Phi) is 2.84. The highest BCUT2D eigenvalue weighted by atomic mass is 16.5. The number of rotatable bonds is 1. The number of amides is 1. The Bertz CT molecular complexity index is 149. The predicted molar refractivity (Wildman–Crippen MR) is 39.1 cm³/mol. The number of ether oxygens (including phenoxy) is 1. The number of morpholine rings is 1. The lowest BCUT2D eigenvalue weighted by atomic mass is 10.3. The fourth-order valence-corrected chi connectivity index (χ4v) is 1.12. The molecule has 0 aromatic rings. The maximum atomic E-state index is 10.8. The van der Waals surface area contributed by atoms with Crippen molar-refractivity contribution in [2.45, 2.75) is 13.0 Å². The molecule has 1 saturated heterocycles. The molecule has 1 heterocycles. The standard InChI is InChI=1S/C7H13NO3/c1-6(10)8-2-3-11-7(4-8)5-9/h7,9H,2-5H2,1H3. The van der Waals surface area contributed by atoms with Crippen molar-refractivity contribution in [3.05, 3.63) is 0 Å². The first-order valence-corrected chi connectivity index (χ1v) is 3.72. The minimum atomic E-state index is -0.187. The molecule has 0 radical (unpaired) electrons. The minimum Gasteiger partial charge on any atom is -0.394 e. The summed E-state index contributed by atoms with van der Waals surface area (Å²) in [6.07, 6.45) is -0.187. The molecule has 0 saturated carbocycles. The number of carbonyl (C=O) groups is 1. The third kappa shape index (κ3) is 2.17. The number of hydrogen-bond acceptors (Lipinski definition) is 3. The molecule has 1 amide bonds. The van der Waals surface area contributed by atoms with E-state index in [1.807, 2.05) is 0 Å². The van der Waals surface area contributed by atoms with Crippen LogP contribution in [0.15, 0.2) is 0 Å². The van der Waals surface area contributed by atoms with E-state index in [0.717, 1.165) is 0 Å². The SMILES string of the molecule is CC(=O)N1CCOC(CO)C1. The van der Waals surface area contributed by atoms with Crippen molar-refractivity contribution in [1.29, 1.82) is 0 Å². The third-order valence-corrected chi connectivity index (χ3v) is 1.79. The number of hydrogen-bond donors (Lipinski definition) is 1. The molecule has 4 heteroatoms. The number of aliphatic hydroxyl groups excluding tert-OH is 1. The van der Waals surface area contributed by atoms with Crippen LogP contribution in [0.5, 0.6) is 0 Å². The van der Waals surface area contributed by atoms with Crippen LogP contribution in [-0.2, 0) is 9.53 Å². The minimum absolute atomic E-state index is 0.0101. The van der Waals surface area contributed by atoms with Crippen LogP contribution in [0, 0.1) is 0 Å². The van der Waals surface area contributed by atoms with Gasteiger partial charge in [0.05, 0.1) is 19.3 Å². The highest BCUT2D eigenvalue weighted by Gasteiger charge is 2.20. The Balaban J connectivity index is 2.39. The molecule has 1 aliphatic rings. The summed E-state index contributed by atoms with van der Waals surface area (Å²) in [5, 5.41) is 8.73. The molecule has 0 aromatic heterocycles. The first-order chi connectivity index (χ1) is 5.24. The first-order valence-electron chi connectivity index (χ1n) is 3.72. The molecule has 1 atom stereocenters. The van der Waals surface area contributed by atoms with Gasteiger partial charge in [-0.05, 0) is 0 Å². The summed E-state index contributed by atoms with van der Waals surface area (Å²) >= 11 is 0. The van der Waals surface area contributed by atoms with E-state index in [0.29, 0.717) is 19.7 Å². The average Bonchev–Trinajstić information content (AvgIpc) is 2.05. The predicted octanol–water partition coefficient (Wildman–Crippen LogP) is -0.774. The molecule has 64 valence electrons. The van der Waals surface area contributed by atoms with Crippen LogP contribution >= 0.6 is 0 Å². The molecule has 1 rings (SSSR count). The summed E-state index contributed by atoms with van der Waals surface area (Å²) in [6, 6.07) is 0. The van der Waals surface area contributed by atoms with Gasteiger partial charge in [-0.3, -0.25) is 4.79 Å². The monoisotopic (exact) mass is 159 g/mol. The van der Waals surface area contributed by atoms with Crippen LogP contribution in [0.25, 0.3) is 0 Å². The van der Waals surface area contributed by atoms with E-state index in [9.17, 15) is 4.79 Å². The van der Waals surface area contributed by atoms with Crippen LogP contribution in [0.2, 0.25) is 0 Å². The van der Waals surface area contributed by atoms with Crippen molar-refractivity contribution >= 4 is 5.91 Å². The molecular formula is C7H13NO3. The summed E-state index contributed by atoms with van der Waals surface area (Å²) in [5.41, 5.74) is 0. The van der Waals surface area contributed by atoms with Gasteiger partial charge in [0.2, 0.25) is 5.91 Å². The zero-order chi connectivity index (χ0) is 8.27. The average molecular weight is 159 g/mol. The van der Waals surface area contributed by atoms with Gasteiger partial charge in [0.25, 0.3) is 0 Å². The maximum absolute atomic E-state index is 10.8. The molecule has 1 fully saturated rings. The summed E-state index contributed by atoms with van der Waals surface area (Å²) in [5.74, 6) is 0.0479. The Labute approximate surface area is 65.8 Å². The summed E-state index contributed by atoms with van der Waals surface area (Å²) in [7, 11) is 0. The zero-order valence-corrected chi connectivity index (χ0v) is 6.62. The molecule has 1 unspecified atom stereocenters. The molecule has 11 heavy (non-hydrogen) atoms. The third-order valence-electron chi connectivity index (χ3n) is 1.79. The van der Waals surface area contributed by atoms with Gasteiger partial charge in [-0.1, -0.05) is 0 Å². The number of carbonyl (C=O) groups excluding carboxylic acids is 1. The summed E-state index contributed by atoms with van der Waals surface area (Å²) in [4.78, 5) is 12.5. The lowest BCUT2D eigenvalue weighted by Crippen LogP contribution is -2.46. The molecule has 0 spiro atoms. The normalized spacial score (nSPS) is 25.3. The van der Waals surface area contributed by atoms with Crippen molar-refractivity contribution in [2.24, 2.45) is 0 Å². The van der Waals surface area contributed by atoms with Crippen LogP contribution < -0.4 is 0 Å². The van der Waals surface area contributed by atoms with Crippen LogP contribution in [-0.4, -0.2) is 48.3 Å².